The Morgan fingerprint density at radius 2 is 1.74 bits per heavy atom. The van der Waals surface area contributed by atoms with Gasteiger partial charge in [0.2, 0.25) is 5.43 Å². The van der Waals surface area contributed by atoms with Gasteiger partial charge in [-0.1, -0.05) is 41.9 Å². The predicted octanol–water partition coefficient (Wildman–Crippen LogP) is 3.67. The molecule has 0 amide bonds. The van der Waals surface area contributed by atoms with Crippen LogP contribution in [0.15, 0.2) is 53.5 Å². The van der Waals surface area contributed by atoms with E-state index in [-0.39, 0.29) is 10.9 Å². The summed E-state index contributed by atoms with van der Waals surface area (Å²) in [6.07, 6.45) is 1.69. The van der Waals surface area contributed by atoms with E-state index in [0.29, 0.717) is 34.4 Å². The van der Waals surface area contributed by atoms with Crippen LogP contribution < -0.4 is 10.7 Å². The summed E-state index contributed by atoms with van der Waals surface area (Å²) in [6.45, 7) is 7.65. The Morgan fingerprint density at radius 3 is 2.49 bits per heavy atom. The van der Waals surface area contributed by atoms with Crippen LogP contribution in [0.25, 0.3) is 33.7 Å². The largest absolute Gasteiger partial charge is 0.379 e. The molecule has 1 fully saturated rings. The monoisotopic (exact) mass is 489 g/mol. The van der Waals surface area contributed by atoms with Gasteiger partial charge in [0.25, 0.3) is 0 Å². The van der Waals surface area contributed by atoms with Crippen LogP contribution in [0.1, 0.15) is 5.69 Å². The molecule has 180 valence electrons. The minimum absolute atomic E-state index is 0.178. The number of fused-ring (bicyclic) bond motifs is 1. The standard InChI is InChI=1S/C26H28ClN7O/c1-17-14-19(15-21(27)30-17)23-22(18-6-4-3-5-7-18)32-26-24(31-23)25(35)20(16-29-26)28-8-9-34-12-10-33(2)11-13-34/h3-7,14-16,28H,8-13H2,1-2H3,(H,29,32,35). The summed E-state index contributed by atoms with van der Waals surface area (Å²) in [7, 11) is 2.14. The second-order valence-corrected chi connectivity index (χ2v) is 9.29. The van der Waals surface area contributed by atoms with Gasteiger partial charge in [0, 0.05) is 62.3 Å². The molecular weight excluding hydrogens is 462 g/mol. The van der Waals surface area contributed by atoms with E-state index < -0.39 is 0 Å². The van der Waals surface area contributed by atoms with Crippen molar-refractivity contribution in [1.29, 1.82) is 0 Å². The fourth-order valence-corrected chi connectivity index (χ4v) is 4.59. The predicted molar refractivity (Wildman–Crippen MR) is 141 cm³/mol. The zero-order chi connectivity index (χ0) is 24.4. The Bertz CT molecular complexity index is 1380. The molecule has 0 saturated carbocycles. The van der Waals surface area contributed by atoms with E-state index in [1.54, 1.807) is 12.3 Å². The summed E-state index contributed by atoms with van der Waals surface area (Å²) in [4.78, 5) is 35.2. The number of aromatic amines is 1. The number of halogens is 1. The van der Waals surface area contributed by atoms with Crippen molar-refractivity contribution < 1.29 is 0 Å². The van der Waals surface area contributed by atoms with Gasteiger partial charge in [-0.3, -0.25) is 9.69 Å². The fraction of sp³-hybridized carbons (Fsp3) is 0.308. The SMILES string of the molecule is Cc1cc(-c2nc3c(=O)c(NCCN4CCN(C)CC4)c[nH]c3nc2-c2ccccc2)cc(Cl)n1. The Kier molecular flexibility index (Phi) is 6.77. The first-order valence-corrected chi connectivity index (χ1v) is 12.1. The Balaban J connectivity index is 1.51. The minimum Gasteiger partial charge on any atom is -0.379 e. The van der Waals surface area contributed by atoms with E-state index in [1.165, 1.54) is 0 Å². The number of likely N-dealkylation sites (N-methyl/N-ethyl adjacent to an activating group) is 1. The van der Waals surface area contributed by atoms with Crippen LogP contribution in [0.2, 0.25) is 5.15 Å². The van der Waals surface area contributed by atoms with E-state index in [2.05, 4.69) is 32.1 Å². The first kappa shape index (κ1) is 23.4. The highest BCUT2D eigenvalue weighted by atomic mass is 35.5. The van der Waals surface area contributed by atoms with Gasteiger partial charge in [-0.05, 0) is 26.1 Å². The van der Waals surface area contributed by atoms with Crippen molar-refractivity contribution in [3.8, 4) is 22.5 Å². The Hall–Kier alpha value is -3.33. The molecule has 1 aromatic carbocycles. The molecule has 3 aromatic heterocycles. The number of rotatable bonds is 6. The van der Waals surface area contributed by atoms with Gasteiger partial charge in [-0.25, -0.2) is 15.0 Å². The van der Waals surface area contributed by atoms with Crippen molar-refractivity contribution in [3.63, 3.8) is 0 Å². The summed E-state index contributed by atoms with van der Waals surface area (Å²) >= 11 is 6.26. The third-order valence-corrected chi connectivity index (χ3v) is 6.48. The van der Waals surface area contributed by atoms with Crippen LogP contribution in [0.3, 0.4) is 0 Å². The number of hydrogen-bond acceptors (Lipinski definition) is 7. The molecule has 0 unspecified atom stereocenters. The number of H-pyrrole nitrogens is 1. The van der Waals surface area contributed by atoms with Crippen molar-refractivity contribution in [2.24, 2.45) is 0 Å². The molecule has 9 heteroatoms. The van der Waals surface area contributed by atoms with E-state index in [9.17, 15) is 4.79 Å². The molecule has 35 heavy (non-hydrogen) atoms. The number of aromatic nitrogens is 4. The zero-order valence-electron chi connectivity index (χ0n) is 19.9. The van der Waals surface area contributed by atoms with Crippen LogP contribution >= 0.6 is 11.6 Å². The molecule has 0 bridgehead atoms. The van der Waals surface area contributed by atoms with Gasteiger partial charge in [0.1, 0.15) is 10.8 Å². The lowest BCUT2D eigenvalue weighted by atomic mass is 10.0. The summed E-state index contributed by atoms with van der Waals surface area (Å²) in [5, 5.41) is 3.66. The molecule has 0 atom stereocenters. The average Bonchev–Trinajstić information content (AvgIpc) is 2.86. The summed E-state index contributed by atoms with van der Waals surface area (Å²) < 4.78 is 0. The van der Waals surface area contributed by atoms with Crippen molar-refractivity contribution in [1.82, 2.24) is 29.7 Å². The lowest BCUT2D eigenvalue weighted by molar-refractivity contribution is 0.158. The van der Waals surface area contributed by atoms with Crippen LogP contribution in [0.5, 0.6) is 0 Å². The second kappa shape index (κ2) is 10.1. The first-order valence-electron chi connectivity index (χ1n) is 11.8. The van der Waals surface area contributed by atoms with Gasteiger partial charge in [0.05, 0.1) is 11.4 Å². The molecule has 8 nitrogen and oxygen atoms in total. The van der Waals surface area contributed by atoms with Crippen molar-refractivity contribution in [2.45, 2.75) is 6.92 Å². The number of nitrogens with zero attached hydrogens (tertiary/aromatic N) is 5. The lowest BCUT2D eigenvalue weighted by Crippen LogP contribution is -2.45. The van der Waals surface area contributed by atoms with Crippen LogP contribution in [0.4, 0.5) is 5.69 Å². The first-order chi connectivity index (χ1) is 17.0. The molecule has 4 heterocycles. The number of piperazine rings is 1. The number of anilines is 1. The van der Waals surface area contributed by atoms with E-state index in [1.807, 2.05) is 43.3 Å². The average molecular weight is 490 g/mol. The fourth-order valence-electron chi connectivity index (χ4n) is 4.34. The molecule has 1 saturated heterocycles. The zero-order valence-corrected chi connectivity index (χ0v) is 20.6. The molecule has 0 aliphatic carbocycles. The molecule has 0 spiro atoms. The van der Waals surface area contributed by atoms with Crippen molar-refractivity contribution in [3.05, 3.63) is 69.7 Å². The van der Waals surface area contributed by atoms with E-state index in [0.717, 1.165) is 49.5 Å². The van der Waals surface area contributed by atoms with Gasteiger partial charge in [-0.2, -0.15) is 0 Å². The van der Waals surface area contributed by atoms with Crippen LogP contribution in [-0.2, 0) is 0 Å². The Labute approximate surface area is 209 Å². The number of benzene rings is 1. The maximum absolute atomic E-state index is 13.4. The third kappa shape index (κ3) is 5.19. The molecular formula is C26H28ClN7O. The van der Waals surface area contributed by atoms with E-state index in [4.69, 9.17) is 21.6 Å². The van der Waals surface area contributed by atoms with E-state index >= 15 is 0 Å². The molecule has 0 radical (unpaired) electrons. The summed E-state index contributed by atoms with van der Waals surface area (Å²) in [5.74, 6) is 0. The van der Waals surface area contributed by atoms with Gasteiger partial charge in [0.15, 0.2) is 11.2 Å². The highest BCUT2D eigenvalue weighted by Gasteiger charge is 2.18. The van der Waals surface area contributed by atoms with Gasteiger partial charge in [-0.15, -0.1) is 0 Å². The second-order valence-electron chi connectivity index (χ2n) is 8.91. The molecule has 1 aliphatic heterocycles. The molecule has 5 rings (SSSR count). The summed E-state index contributed by atoms with van der Waals surface area (Å²) in [5.41, 5.74) is 4.74. The van der Waals surface area contributed by atoms with Gasteiger partial charge >= 0.3 is 0 Å². The highest BCUT2D eigenvalue weighted by molar-refractivity contribution is 6.29. The number of aryl methyl sites for hydroxylation is 1. The number of nitrogens with one attached hydrogen (secondary N) is 2. The van der Waals surface area contributed by atoms with Crippen LogP contribution in [-0.4, -0.2) is 76.1 Å². The molecule has 4 aromatic rings. The van der Waals surface area contributed by atoms with Gasteiger partial charge < -0.3 is 15.2 Å². The smallest absolute Gasteiger partial charge is 0.232 e. The number of pyridine rings is 2. The highest BCUT2D eigenvalue weighted by Crippen LogP contribution is 2.31. The van der Waals surface area contributed by atoms with Crippen molar-refractivity contribution in [2.75, 3.05) is 51.6 Å². The topological polar surface area (TPSA) is 90.0 Å². The maximum atomic E-state index is 13.4. The molecule has 2 N–H and O–H groups in total. The quantitative estimate of drug-likeness (QED) is 0.399. The Morgan fingerprint density at radius 1 is 1.00 bits per heavy atom. The van der Waals surface area contributed by atoms with Crippen LogP contribution in [0, 0.1) is 6.92 Å². The van der Waals surface area contributed by atoms with Crippen molar-refractivity contribution >= 4 is 28.5 Å². The molecule has 1 aliphatic rings. The minimum atomic E-state index is -0.178. The summed E-state index contributed by atoms with van der Waals surface area (Å²) in [6, 6.07) is 13.5. The number of hydrogen-bond donors (Lipinski definition) is 2. The normalized spacial score (nSPS) is 14.9. The maximum Gasteiger partial charge on any atom is 0.232 e. The lowest BCUT2D eigenvalue weighted by Gasteiger charge is -2.32. The third-order valence-electron chi connectivity index (χ3n) is 6.29.